The highest BCUT2D eigenvalue weighted by Crippen LogP contribution is 2.23. The fraction of sp³-hybridized carbons (Fsp3) is 0.0952. The number of aryl methyl sites for hydroxylation is 1. The summed E-state index contributed by atoms with van der Waals surface area (Å²) in [6.45, 7) is 5.43. The Morgan fingerprint density at radius 1 is 1.07 bits per heavy atom. The third-order valence-corrected chi connectivity index (χ3v) is 5.24. The van der Waals surface area contributed by atoms with Crippen LogP contribution in [-0.2, 0) is 0 Å². The van der Waals surface area contributed by atoms with Crippen LogP contribution in [0.4, 0.5) is 0 Å². The van der Waals surface area contributed by atoms with E-state index in [1.165, 1.54) is 10.8 Å². The number of hydrogen-bond donors (Lipinski definition) is 0. The molecule has 27 heavy (non-hydrogen) atoms. The highest BCUT2D eigenvalue weighted by Gasteiger charge is 2.21. The van der Waals surface area contributed by atoms with Gasteiger partial charge in [-0.2, -0.15) is 4.57 Å². The number of aromatic nitrogens is 2. The fourth-order valence-electron chi connectivity index (χ4n) is 2.89. The SMILES string of the molecule is C=C[C@@H](c1ccccc1I)n1cc(C)c(=O)n(C(=O)c2ccccc2)c1=O. The first kappa shape index (κ1) is 19.0. The second kappa shape index (κ2) is 7.87. The van der Waals surface area contributed by atoms with Crippen LogP contribution >= 0.6 is 22.6 Å². The molecule has 0 aliphatic carbocycles. The monoisotopic (exact) mass is 472 g/mol. The van der Waals surface area contributed by atoms with Crippen molar-refractivity contribution in [1.82, 2.24) is 9.13 Å². The molecule has 1 atom stereocenters. The Balaban J connectivity index is 2.25. The summed E-state index contributed by atoms with van der Waals surface area (Å²) in [5.74, 6) is -0.645. The normalized spacial score (nSPS) is 11.8. The molecule has 2 aromatic carbocycles. The smallest absolute Gasteiger partial charge is 0.289 e. The van der Waals surface area contributed by atoms with Gasteiger partial charge in [-0.3, -0.25) is 14.2 Å². The van der Waals surface area contributed by atoms with Crippen molar-refractivity contribution in [3.63, 3.8) is 0 Å². The van der Waals surface area contributed by atoms with Crippen LogP contribution in [0.25, 0.3) is 0 Å². The molecule has 1 heterocycles. The first-order valence-electron chi connectivity index (χ1n) is 8.27. The van der Waals surface area contributed by atoms with Crippen molar-refractivity contribution in [1.29, 1.82) is 0 Å². The molecule has 0 bridgehead atoms. The molecule has 1 aromatic heterocycles. The van der Waals surface area contributed by atoms with Crippen LogP contribution in [0.3, 0.4) is 0 Å². The van der Waals surface area contributed by atoms with Gasteiger partial charge >= 0.3 is 5.69 Å². The van der Waals surface area contributed by atoms with Crippen molar-refractivity contribution >= 4 is 28.5 Å². The second-order valence-corrected chi connectivity index (χ2v) is 7.18. The third-order valence-electron chi connectivity index (χ3n) is 4.26. The van der Waals surface area contributed by atoms with Gasteiger partial charge in [0.1, 0.15) is 0 Å². The molecule has 0 radical (unpaired) electrons. The topological polar surface area (TPSA) is 61.1 Å². The molecule has 0 amide bonds. The van der Waals surface area contributed by atoms with Crippen LogP contribution < -0.4 is 11.2 Å². The van der Waals surface area contributed by atoms with Crippen LogP contribution in [0.5, 0.6) is 0 Å². The summed E-state index contributed by atoms with van der Waals surface area (Å²) in [5.41, 5.74) is 0.140. The van der Waals surface area contributed by atoms with E-state index in [0.717, 1.165) is 9.13 Å². The van der Waals surface area contributed by atoms with Gasteiger partial charge in [-0.15, -0.1) is 6.58 Å². The molecule has 0 aliphatic heterocycles. The van der Waals surface area contributed by atoms with Gasteiger partial charge in [0.2, 0.25) is 0 Å². The number of rotatable bonds is 4. The molecule has 0 saturated carbocycles. The summed E-state index contributed by atoms with van der Waals surface area (Å²) in [6, 6.07) is 15.4. The van der Waals surface area contributed by atoms with Crippen molar-refractivity contribution in [3.8, 4) is 0 Å². The standard InChI is InChI=1S/C21H17IN2O3/c1-3-18(16-11-7-8-12-17(16)22)23-13-14(2)19(25)24(21(23)27)20(26)15-9-5-4-6-10-15/h3-13,18H,1H2,2H3/t18-/m0/s1. The van der Waals surface area contributed by atoms with Crippen LogP contribution in [0.1, 0.15) is 27.5 Å². The largest absolute Gasteiger partial charge is 0.339 e. The Labute approximate surface area is 169 Å². The predicted molar refractivity (Wildman–Crippen MR) is 113 cm³/mol. The Bertz CT molecular complexity index is 1130. The highest BCUT2D eigenvalue weighted by atomic mass is 127. The van der Waals surface area contributed by atoms with E-state index >= 15 is 0 Å². The van der Waals surface area contributed by atoms with E-state index < -0.39 is 23.2 Å². The van der Waals surface area contributed by atoms with Crippen molar-refractivity contribution in [2.45, 2.75) is 13.0 Å². The Kier molecular flexibility index (Phi) is 5.55. The zero-order chi connectivity index (χ0) is 19.6. The van der Waals surface area contributed by atoms with Crippen LogP contribution in [0, 0.1) is 10.5 Å². The molecule has 3 aromatic rings. The molecule has 0 fully saturated rings. The fourth-order valence-corrected chi connectivity index (χ4v) is 3.60. The van der Waals surface area contributed by atoms with Gasteiger partial charge in [0.05, 0.1) is 6.04 Å². The van der Waals surface area contributed by atoms with Gasteiger partial charge in [0.15, 0.2) is 0 Å². The maximum absolute atomic E-state index is 13.1. The molecular weight excluding hydrogens is 455 g/mol. The molecule has 136 valence electrons. The highest BCUT2D eigenvalue weighted by molar-refractivity contribution is 14.1. The lowest BCUT2D eigenvalue weighted by molar-refractivity contribution is 0.0948. The van der Waals surface area contributed by atoms with Crippen LogP contribution in [0.2, 0.25) is 0 Å². The molecule has 0 unspecified atom stereocenters. The number of hydrogen-bond acceptors (Lipinski definition) is 3. The van der Waals surface area contributed by atoms with Crippen molar-refractivity contribution in [2.75, 3.05) is 0 Å². The summed E-state index contributed by atoms with van der Waals surface area (Å²) in [7, 11) is 0. The van der Waals surface area contributed by atoms with E-state index in [-0.39, 0.29) is 5.56 Å². The minimum absolute atomic E-state index is 0.276. The van der Waals surface area contributed by atoms with Gasteiger partial charge in [-0.05, 0) is 53.3 Å². The van der Waals surface area contributed by atoms with E-state index in [9.17, 15) is 14.4 Å². The van der Waals surface area contributed by atoms with Gasteiger partial charge in [0, 0.05) is 20.9 Å². The maximum atomic E-state index is 13.1. The first-order valence-corrected chi connectivity index (χ1v) is 9.35. The van der Waals surface area contributed by atoms with E-state index in [1.54, 1.807) is 43.3 Å². The van der Waals surface area contributed by atoms with Gasteiger partial charge in [-0.25, -0.2) is 4.79 Å². The molecule has 0 spiro atoms. The summed E-state index contributed by atoms with van der Waals surface area (Å²) in [4.78, 5) is 38.5. The van der Waals surface area contributed by atoms with E-state index in [4.69, 9.17) is 0 Å². The molecular formula is C21H17IN2O3. The van der Waals surface area contributed by atoms with Gasteiger partial charge < -0.3 is 0 Å². The Morgan fingerprint density at radius 2 is 1.70 bits per heavy atom. The molecule has 5 nitrogen and oxygen atoms in total. The molecule has 0 saturated heterocycles. The number of allylic oxidation sites excluding steroid dienone is 1. The zero-order valence-corrected chi connectivity index (χ0v) is 16.8. The number of nitrogens with zero attached hydrogens (tertiary/aromatic N) is 2. The van der Waals surface area contributed by atoms with Crippen molar-refractivity contribution < 1.29 is 4.79 Å². The lowest BCUT2D eigenvalue weighted by Gasteiger charge is -2.19. The Hall–Kier alpha value is -2.74. The minimum Gasteiger partial charge on any atom is -0.289 e. The van der Waals surface area contributed by atoms with Gasteiger partial charge in [0.25, 0.3) is 11.5 Å². The quantitative estimate of drug-likeness (QED) is 0.432. The Morgan fingerprint density at radius 3 is 2.33 bits per heavy atom. The molecule has 0 N–H and O–H groups in total. The van der Waals surface area contributed by atoms with E-state index in [2.05, 4.69) is 29.2 Å². The van der Waals surface area contributed by atoms with E-state index in [1.807, 2.05) is 24.3 Å². The lowest BCUT2D eigenvalue weighted by Crippen LogP contribution is -2.45. The van der Waals surface area contributed by atoms with Crippen molar-refractivity contribution in [3.05, 3.63) is 115 Å². The third kappa shape index (κ3) is 3.57. The summed E-state index contributed by atoms with van der Waals surface area (Å²) >= 11 is 2.19. The summed E-state index contributed by atoms with van der Waals surface area (Å²) in [6.07, 6.45) is 3.11. The lowest BCUT2D eigenvalue weighted by atomic mass is 10.1. The summed E-state index contributed by atoms with van der Waals surface area (Å²) < 4.78 is 3.02. The van der Waals surface area contributed by atoms with E-state index in [0.29, 0.717) is 10.1 Å². The van der Waals surface area contributed by atoms with Crippen molar-refractivity contribution in [2.24, 2.45) is 0 Å². The molecule has 3 rings (SSSR count). The van der Waals surface area contributed by atoms with Gasteiger partial charge in [-0.1, -0.05) is 42.5 Å². The average molecular weight is 472 g/mol. The molecule has 6 heteroatoms. The number of benzene rings is 2. The zero-order valence-electron chi connectivity index (χ0n) is 14.6. The maximum Gasteiger partial charge on any atom is 0.339 e. The number of carbonyl (C=O) groups is 1. The minimum atomic E-state index is -0.691. The van der Waals surface area contributed by atoms with Crippen LogP contribution in [0.15, 0.2) is 83.0 Å². The summed E-state index contributed by atoms with van der Waals surface area (Å²) in [5, 5.41) is 0. The second-order valence-electron chi connectivity index (χ2n) is 6.02. The first-order chi connectivity index (χ1) is 13.0. The average Bonchev–Trinajstić information content (AvgIpc) is 2.68. The van der Waals surface area contributed by atoms with Crippen LogP contribution in [-0.4, -0.2) is 15.0 Å². The number of carbonyl (C=O) groups excluding carboxylic acids is 1. The number of halogens is 1. The molecule has 0 aliphatic rings. The predicted octanol–water partition coefficient (Wildman–Crippen LogP) is 3.39.